The zero-order valence-corrected chi connectivity index (χ0v) is 14.2. The molecule has 110 valence electrons. The van der Waals surface area contributed by atoms with Gasteiger partial charge < -0.3 is 10.2 Å². The van der Waals surface area contributed by atoms with Crippen LogP contribution in [0.15, 0.2) is 5.03 Å². The molecule has 0 aliphatic carbocycles. The summed E-state index contributed by atoms with van der Waals surface area (Å²) in [4.78, 5) is 2.21. The molecule has 0 atom stereocenters. The lowest BCUT2D eigenvalue weighted by Gasteiger charge is -2.21. The van der Waals surface area contributed by atoms with E-state index in [1.54, 1.807) is 0 Å². The van der Waals surface area contributed by atoms with E-state index in [-0.39, 0.29) is 5.54 Å². The monoisotopic (exact) mass is 284 g/mol. The van der Waals surface area contributed by atoms with Crippen LogP contribution >= 0.6 is 11.8 Å². The molecule has 0 fully saturated rings. The zero-order valence-electron chi connectivity index (χ0n) is 13.4. The van der Waals surface area contributed by atoms with Crippen molar-refractivity contribution in [1.29, 1.82) is 0 Å². The molecule has 0 bridgehead atoms. The third kappa shape index (κ3) is 5.55. The largest absolute Gasteiger partial charge is 0.309 e. The summed E-state index contributed by atoms with van der Waals surface area (Å²) < 4.78 is 2.01. The highest BCUT2D eigenvalue weighted by molar-refractivity contribution is 7.99. The Balaban J connectivity index is 2.73. The van der Waals surface area contributed by atoms with Crippen molar-refractivity contribution in [3.05, 3.63) is 11.3 Å². The Labute approximate surface area is 121 Å². The Bertz CT molecular complexity index is 404. The van der Waals surface area contributed by atoms with Crippen molar-refractivity contribution in [2.24, 2.45) is 7.05 Å². The van der Waals surface area contributed by atoms with Gasteiger partial charge in [-0.05, 0) is 41.8 Å². The summed E-state index contributed by atoms with van der Waals surface area (Å²) >= 11 is 1.89. The smallest absolute Gasteiger partial charge is 0.0984 e. The Kier molecular flexibility index (Phi) is 5.89. The molecule has 5 heteroatoms. The van der Waals surface area contributed by atoms with Gasteiger partial charge in [0.1, 0.15) is 0 Å². The van der Waals surface area contributed by atoms with Gasteiger partial charge in [-0.25, -0.2) is 0 Å². The maximum Gasteiger partial charge on any atom is 0.0984 e. The van der Waals surface area contributed by atoms with E-state index in [0.717, 1.165) is 24.5 Å². The fourth-order valence-corrected chi connectivity index (χ4v) is 3.01. The van der Waals surface area contributed by atoms with Gasteiger partial charge in [0.25, 0.3) is 0 Å². The predicted molar refractivity (Wildman–Crippen MR) is 83.8 cm³/mol. The number of hydrogen-bond donors (Lipinski definition) is 1. The molecule has 0 spiro atoms. The van der Waals surface area contributed by atoms with E-state index in [1.165, 1.54) is 10.6 Å². The van der Waals surface area contributed by atoms with Crippen molar-refractivity contribution in [2.45, 2.75) is 44.8 Å². The van der Waals surface area contributed by atoms with Gasteiger partial charge in [0.15, 0.2) is 0 Å². The van der Waals surface area contributed by atoms with Gasteiger partial charge in [-0.15, -0.1) is 11.8 Å². The second kappa shape index (κ2) is 6.77. The maximum absolute atomic E-state index is 4.55. The Morgan fingerprint density at radius 2 is 1.95 bits per heavy atom. The van der Waals surface area contributed by atoms with E-state index in [9.17, 15) is 0 Å². The van der Waals surface area contributed by atoms with Crippen LogP contribution in [0.2, 0.25) is 0 Å². The fraction of sp³-hybridized carbons (Fsp3) is 0.786. The molecule has 0 aromatic carbocycles. The first-order valence-electron chi connectivity index (χ1n) is 6.75. The van der Waals surface area contributed by atoms with Gasteiger partial charge >= 0.3 is 0 Å². The summed E-state index contributed by atoms with van der Waals surface area (Å²) in [6.45, 7) is 10.6. The van der Waals surface area contributed by atoms with Crippen LogP contribution in [0.5, 0.6) is 0 Å². The SMILES string of the molecule is Cc1nn(C)c(SCCN(C)C)c1CNC(C)(C)C. The molecule has 0 saturated heterocycles. The van der Waals surface area contributed by atoms with Crippen LogP contribution in [0.1, 0.15) is 32.0 Å². The van der Waals surface area contributed by atoms with Crippen molar-refractivity contribution in [3.8, 4) is 0 Å². The molecular weight excluding hydrogens is 256 g/mol. The first kappa shape index (κ1) is 16.5. The standard InChI is InChI=1S/C14H28N4S/c1-11-12(10-15-14(2,3)4)13(18(7)16-11)19-9-8-17(5)6/h15H,8-10H2,1-7H3. The van der Waals surface area contributed by atoms with Crippen LogP contribution in [0, 0.1) is 6.92 Å². The van der Waals surface area contributed by atoms with Crippen molar-refractivity contribution in [3.63, 3.8) is 0 Å². The van der Waals surface area contributed by atoms with Crippen LogP contribution < -0.4 is 5.32 Å². The summed E-state index contributed by atoms with van der Waals surface area (Å²) in [5.41, 5.74) is 2.60. The Hall–Kier alpha value is -0.520. The zero-order chi connectivity index (χ0) is 14.6. The highest BCUT2D eigenvalue weighted by Gasteiger charge is 2.16. The molecule has 4 nitrogen and oxygen atoms in total. The number of nitrogens with one attached hydrogen (secondary N) is 1. The average molecular weight is 284 g/mol. The van der Waals surface area contributed by atoms with Gasteiger partial charge in [-0.2, -0.15) is 5.10 Å². The van der Waals surface area contributed by atoms with Gasteiger partial charge in [-0.1, -0.05) is 0 Å². The highest BCUT2D eigenvalue weighted by atomic mass is 32.2. The molecule has 0 aliphatic heterocycles. The molecule has 1 heterocycles. The van der Waals surface area contributed by atoms with E-state index in [2.05, 4.69) is 57.1 Å². The molecule has 1 N–H and O–H groups in total. The first-order chi connectivity index (χ1) is 8.70. The molecule has 1 aromatic heterocycles. The van der Waals surface area contributed by atoms with E-state index in [0.29, 0.717) is 0 Å². The summed E-state index contributed by atoms with van der Waals surface area (Å²) in [7, 11) is 6.25. The van der Waals surface area contributed by atoms with Crippen LogP contribution in [0.3, 0.4) is 0 Å². The quantitative estimate of drug-likeness (QED) is 0.813. The normalized spacial score (nSPS) is 12.4. The molecule has 0 amide bonds. The fourth-order valence-electron chi connectivity index (χ4n) is 1.74. The summed E-state index contributed by atoms with van der Waals surface area (Å²) in [6, 6.07) is 0. The van der Waals surface area contributed by atoms with E-state index >= 15 is 0 Å². The lowest BCUT2D eigenvalue weighted by Crippen LogP contribution is -2.35. The van der Waals surface area contributed by atoms with Gasteiger partial charge in [-0.3, -0.25) is 4.68 Å². The van der Waals surface area contributed by atoms with Gasteiger partial charge in [0.2, 0.25) is 0 Å². The summed E-state index contributed by atoms with van der Waals surface area (Å²) in [5.74, 6) is 1.09. The number of rotatable bonds is 6. The molecule has 1 aromatic rings. The maximum atomic E-state index is 4.55. The molecular formula is C14H28N4S. The third-order valence-electron chi connectivity index (χ3n) is 2.86. The molecule has 1 rings (SSSR count). The second-order valence-corrected chi connectivity index (χ2v) is 7.33. The van der Waals surface area contributed by atoms with Gasteiger partial charge in [0.05, 0.1) is 10.7 Å². The first-order valence-corrected chi connectivity index (χ1v) is 7.74. The van der Waals surface area contributed by atoms with Crippen molar-refractivity contribution in [2.75, 3.05) is 26.4 Å². The minimum Gasteiger partial charge on any atom is -0.309 e. The predicted octanol–water partition coefficient (Wildman–Crippen LogP) is 2.27. The summed E-state index contributed by atoms with van der Waals surface area (Å²) in [5, 5.41) is 9.39. The van der Waals surface area contributed by atoms with Crippen LogP contribution in [-0.4, -0.2) is 46.6 Å². The molecule has 0 radical (unpaired) electrons. The van der Waals surface area contributed by atoms with E-state index < -0.39 is 0 Å². The minimum absolute atomic E-state index is 0.133. The lowest BCUT2D eigenvalue weighted by atomic mass is 10.1. The number of thioether (sulfide) groups is 1. The van der Waals surface area contributed by atoms with Crippen molar-refractivity contribution in [1.82, 2.24) is 20.0 Å². The number of hydrogen-bond acceptors (Lipinski definition) is 4. The molecule has 0 aliphatic rings. The lowest BCUT2D eigenvalue weighted by molar-refractivity contribution is 0.421. The average Bonchev–Trinajstić information content (AvgIpc) is 2.49. The Morgan fingerprint density at radius 3 is 2.47 bits per heavy atom. The van der Waals surface area contributed by atoms with Crippen molar-refractivity contribution >= 4 is 11.8 Å². The summed E-state index contributed by atoms with van der Waals surface area (Å²) in [6.07, 6.45) is 0. The van der Waals surface area contributed by atoms with Crippen LogP contribution in [-0.2, 0) is 13.6 Å². The van der Waals surface area contributed by atoms with E-state index in [4.69, 9.17) is 0 Å². The van der Waals surface area contributed by atoms with Crippen LogP contribution in [0.25, 0.3) is 0 Å². The molecule has 0 saturated carbocycles. The highest BCUT2D eigenvalue weighted by Crippen LogP contribution is 2.25. The number of nitrogens with zero attached hydrogens (tertiary/aromatic N) is 3. The third-order valence-corrected chi connectivity index (χ3v) is 4.03. The van der Waals surface area contributed by atoms with Crippen molar-refractivity contribution < 1.29 is 0 Å². The Morgan fingerprint density at radius 1 is 1.32 bits per heavy atom. The van der Waals surface area contributed by atoms with E-state index in [1.807, 2.05) is 23.5 Å². The number of aryl methyl sites for hydroxylation is 2. The minimum atomic E-state index is 0.133. The topological polar surface area (TPSA) is 33.1 Å². The van der Waals surface area contributed by atoms with Crippen LogP contribution in [0.4, 0.5) is 0 Å². The molecule has 19 heavy (non-hydrogen) atoms. The molecule has 0 unspecified atom stereocenters. The number of aromatic nitrogens is 2. The second-order valence-electron chi connectivity index (χ2n) is 6.25. The van der Waals surface area contributed by atoms with Gasteiger partial charge in [0, 0.05) is 37.0 Å².